The Labute approximate surface area is 181 Å². The molecule has 9 heteroatoms. The van der Waals surface area contributed by atoms with Crippen molar-refractivity contribution >= 4 is 34.0 Å². The second-order valence-corrected chi connectivity index (χ2v) is 8.78. The van der Waals surface area contributed by atoms with Crippen LogP contribution in [0.4, 0.5) is 11.6 Å². The second-order valence-electron chi connectivity index (χ2n) is 7.76. The van der Waals surface area contributed by atoms with E-state index in [4.69, 9.17) is 5.41 Å². The van der Waals surface area contributed by atoms with Gasteiger partial charge in [-0.25, -0.2) is 15.0 Å². The average Bonchev–Trinajstić information content (AvgIpc) is 3.06. The van der Waals surface area contributed by atoms with E-state index in [0.717, 1.165) is 65.0 Å². The number of rotatable bonds is 7. The lowest BCUT2D eigenvalue weighted by molar-refractivity contribution is 0.540. The minimum atomic E-state index is 0.184. The molecule has 2 aromatic rings. The molecule has 0 aromatic carbocycles. The molecule has 158 valence electrons. The van der Waals surface area contributed by atoms with Crippen LogP contribution < -0.4 is 15.5 Å². The van der Waals surface area contributed by atoms with Crippen molar-refractivity contribution in [2.75, 3.05) is 30.4 Å². The van der Waals surface area contributed by atoms with Crippen molar-refractivity contribution in [2.45, 2.75) is 50.6 Å². The second kappa shape index (κ2) is 8.69. The molecule has 4 rings (SSSR count). The number of anilines is 2. The fourth-order valence-electron chi connectivity index (χ4n) is 3.66. The van der Waals surface area contributed by atoms with Gasteiger partial charge in [0.05, 0.1) is 34.7 Å². The normalized spacial score (nSPS) is 18.8. The van der Waals surface area contributed by atoms with Gasteiger partial charge in [-0.15, -0.1) is 0 Å². The molecule has 1 fully saturated rings. The molecule has 0 aliphatic carbocycles. The number of nitrogens with one attached hydrogen (secondary N) is 3. The van der Waals surface area contributed by atoms with E-state index in [-0.39, 0.29) is 12.1 Å². The molecule has 2 aliphatic heterocycles. The molecular formula is C21H28N8S. The monoisotopic (exact) mass is 424 g/mol. The fraction of sp³-hybridized carbons (Fsp3) is 0.476. The van der Waals surface area contributed by atoms with Gasteiger partial charge >= 0.3 is 0 Å². The largest absolute Gasteiger partial charge is 0.363 e. The van der Waals surface area contributed by atoms with E-state index in [0.29, 0.717) is 5.04 Å². The molecule has 0 bridgehead atoms. The van der Waals surface area contributed by atoms with Gasteiger partial charge in [0.25, 0.3) is 0 Å². The highest BCUT2D eigenvalue weighted by atomic mass is 32.2. The van der Waals surface area contributed by atoms with Crippen LogP contribution in [0.25, 0.3) is 5.57 Å². The number of thioether (sulfide) groups is 1. The van der Waals surface area contributed by atoms with E-state index < -0.39 is 0 Å². The maximum atomic E-state index is 8.48. The van der Waals surface area contributed by atoms with Crippen molar-refractivity contribution in [3.63, 3.8) is 0 Å². The lowest BCUT2D eigenvalue weighted by Gasteiger charge is -2.40. The summed E-state index contributed by atoms with van der Waals surface area (Å²) in [5.41, 5.74) is 3.94. The van der Waals surface area contributed by atoms with Crippen molar-refractivity contribution in [3.8, 4) is 0 Å². The standard InChI is InChI=1S/C21H28N8S/c1-5-6-14-7-25-16(8-24-14)29-9-15(10-29)28-21-19-18(26-11-27-21)17(20(22)30-19)12(2)13(3)23-4/h7-8,11,13,15,22-23H,5-6,9-10H2,1-4H3,(H,26,27,28)/b17-12-,22-20?. The summed E-state index contributed by atoms with van der Waals surface area (Å²) in [6.45, 7) is 8.00. The van der Waals surface area contributed by atoms with Crippen molar-refractivity contribution in [1.29, 1.82) is 5.41 Å². The van der Waals surface area contributed by atoms with Gasteiger partial charge in [-0.05, 0) is 32.9 Å². The molecule has 4 heterocycles. The van der Waals surface area contributed by atoms with Crippen LogP contribution in [0.15, 0.2) is 29.2 Å². The van der Waals surface area contributed by atoms with Gasteiger partial charge < -0.3 is 15.5 Å². The van der Waals surface area contributed by atoms with Crippen LogP contribution in [0.3, 0.4) is 0 Å². The molecular weight excluding hydrogens is 396 g/mol. The maximum absolute atomic E-state index is 8.48. The summed E-state index contributed by atoms with van der Waals surface area (Å²) in [4.78, 5) is 21.2. The summed E-state index contributed by atoms with van der Waals surface area (Å²) in [6, 6.07) is 0.463. The zero-order valence-corrected chi connectivity index (χ0v) is 18.7. The Balaban J connectivity index is 1.45. The van der Waals surface area contributed by atoms with Gasteiger partial charge in [-0.2, -0.15) is 0 Å². The molecule has 0 spiro atoms. The number of aryl methyl sites for hydroxylation is 1. The van der Waals surface area contributed by atoms with E-state index in [2.05, 4.69) is 56.2 Å². The quantitative estimate of drug-likeness (QED) is 0.623. The third-order valence-corrected chi connectivity index (χ3v) is 6.69. The molecule has 0 amide bonds. The Kier molecular flexibility index (Phi) is 6.01. The summed E-state index contributed by atoms with van der Waals surface area (Å²) in [6.07, 6.45) is 7.37. The molecule has 1 saturated heterocycles. The highest BCUT2D eigenvalue weighted by Crippen LogP contribution is 2.44. The van der Waals surface area contributed by atoms with Crippen molar-refractivity contribution in [1.82, 2.24) is 25.3 Å². The van der Waals surface area contributed by atoms with Crippen LogP contribution >= 0.6 is 11.8 Å². The van der Waals surface area contributed by atoms with E-state index in [1.807, 2.05) is 19.4 Å². The minimum absolute atomic E-state index is 0.184. The third-order valence-electron chi connectivity index (χ3n) is 5.69. The minimum Gasteiger partial charge on any atom is -0.363 e. The highest BCUT2D eigenvalue weighted by Gasteiger charge is 2.33. The van der Waals surface area contributed by atoms with Crippen LogP contribution in [0, 0.1) is 5.41 Å². The molecule has 2 aliphatic rings. The fourth-order valence-corrected chi connectivity index (χ4v) is 4.68. The van der Waals surface area contributed by atoms with Crippen LogP contribution in [-0.2, 0) is 6.42 Å². The number of aromatic nitrogens is 4. The predicted molar refractivity (Wildman–Crippen MR) is 122 cm³/mol. The third kappa shape index (κ3) is 3.91. The number of likely N-dealkylation sites (N-methyl/N-ethyl adjacent to an activating group) is 1. The number of fused-ring (bicyclic) bond motifs is 1. The Bertz CT molecular complexity index is 965. The van der Waals surface area contributed by atoms with Crippen molar-refractivity contribution in [2.24, 2.45) is 0 Å². The first-order valence-corrected chi connectivity index (χ1v) is 11.2. The smallest absolute Gasteiger partial charge is 0.147 e. The van der Waals surface area contributed by atoms with Gasteiger partial charge in [0.1, 0.15) is 23.0 Å². The molecule has 30 heavy (non-hydrogen) atoms. The Morgan fingerprint density at radius 1 is 1.27 bits per heavy atom. The van der Waals surface area contributed by atoms with Gasteiger partial charge in [0.15, 0.2) is 0 Å². The van der Waals surface area contributed by atoms with Crippen LogP contribution in [0.1, 0.15) is 38.6 Å². The number of hydrogen-bond donors (Lipinski definition) is 3. The molecule has 1 atom stereocenters. The van der Waals surface area contributed by atoms with E-state index in [9.17, 15) is 0 Å². The maximum Gasteiger partial charge on any atom is 0.147 e. The van der Waals surface area contributed by atoms with Crippen molar-refractivity contribution < 1.29 is 0 Å². The highest BCUT2D eigenvalue weighted by molar-refractivity contribution is 8.15. The Hall–Kier alpha value is -2.52. The molecule has 8 nitrogen and oxygen atoms in total. The topological polar surface area (TPSA) is 103 Å². The number of nitrogens with zero attached hydrogens (tertiary/aromatic N) is 5. The predicted octanol–water partition coefficient (Wildman–Crippen LogP) is 2.98. The first-order chi connectivity index (χ1) is 14.5. The van der Waals surface area contributed by atoms with Crippen LogP contribution in [-0.4, -0.2) is 57.2 Å². The Morgan fingerprint density at radius 2 is 2.07 bits per heavy atom. The van der Waals surface area contributed by atoms with Crippen LogP contribution in [0.2, 0.25) is 0 Å². The zero-order valence-electron chi connectivity index (χ0n) is 17.9. The molecule has 1 unspecified atom stereocenters. The van der Waals surface area contributed by atoms with Gasteiger partial charge in [0, 0.05) is 24.7 Å². The molecule has 3 N–H and O–H groups in total. The summed E-state index contributed by atoms with van der Waals surface area (Å²) in [5, 5.41) is 15.8. The molecule has 0 saturated carbocycles. The van der Waals surface area contributed by atoms with Gasteiger partial charge in [0.2, 0.25) is 0 Å². The summed E-state index contributed by atoms with van der Waals surface area (Å²) in [7, 11) is 1.93. The summed E-state index contributed by atoms with van der Waals surface area (Å²) >= 11 is 1.44. The first-order valence-electron chi connectivity index (χ1n) is 10.3. The SMILES string of the molecule is CCCc1cnc(N2CC(Nc3ncnc4c3SC(=N)/C4=C(/C)C(C)NC)C2)cn1. The zero-order chi connectivity index (χ0) is 21.3. The Morgan fingerprint density at radius 3 is 2.73 bits per heavy atom. The van der Waals surface area contributed by atoms with E-state index in [1.54, 1.807) is 6.33 Å². The lowest BCUT2D eigenvalue weighted by atomic mass is 10.0. The van der Waals surface area contributed by atoms with Crippen molar-refractivity contribution in [3.05, 3.63) is 35.7 Å². The van der Waals surface area contributed by atoms with E-state index in [1.165, 1.54) is 11.8 Å². The van der Waals surface area contributed by atoms with Crippen LogP contribution in [0.5, 0.6) is 0 Å². The lowest BCUT2D eigenvalue weighted by Crippen LogP contribution is -2.55. The molecule has 2 aromatic heterocycles. The molecule has 0 radical (unpaired) electrons. The average molecular weight is 425 g/mol. The number of hydrogen-bond acceptors (Lipinski definition) is 9. The summed E-state index contributed by atoms with van der Waals surface area (Å²) < 4.78 is 0. The van der Waals surface area contributed by atoms with Gasteiger partial charge in [-0.3, -0.25) is 10.4 Å². The van der Waals surface area contributed by atoms with Gasteiger partial charge in [-0.1, -0.05) is 25.1 Å². The first kappa shape index (κ1) is 20.7. The van der Waals surface area contributed by atoms with E-state index >= 15 is 0 Å². The summed E-state index contributed by atoms with van der Waals surface area (Å²) in [5.74, 6) is 1.72.